The van der Waals surface area contributed by atoms with E-state index in [1.54, 1.807) is 24.3 Å². The second-order valence-corrected chi connectivity index (χ2v) is 5.53. The summed E-state index contributed by atoms with van der Waals surface area (Å²) in [5, 5.41) is 2.65. The average Bonchev–Trinajstić information content (AvgIpc) is 3.06. The highest BCUT2D eigenvalue weighted by atomic mass is 19.4. The van der Waals surface area contributed by atoms with E-state index in [-0.39, 0.29) is 18.1 Å². The lowest BCUT2D eigenvalue weighted by Crippen LogP contribution is -2.25. The van der Waals surface area contributed by atoms with Crippen LogP contribution >= 0.6 is 0 Å². The molecule has 0 atom stereocenters. The smallest absolute Gasteiger partial charge is 0.422 e. The molecular weight excluding hydrogens is 367 g/mol. The van der Waals surface area contributed by atoms with Crippen LogP contribution in [0.4, 0.5) is 29.3 Å². The van der Waals surface area contributed by atoms with Crippen molar-refractivity contribution in [1.82, 2.24) is 4.98 Å². The summed E-state index contributed by atoms with van der Waals surface area (Å²) in [5.74, 6) is -0.783. The van der Waals surface area contributed by atoms with Crippen LogP contribution in [-0.4, -0.2) is 42.9 Å². The van der Waals surface area contributed by atoms with E-state index in [9.17, 15) is 22.8 Å². The van der Waals surface area contributed by atoms with Gasteiger partial charge in [0.25, 0.3) is 5.91 Å². The molecule has 27 heavy (non-hydrogen) atoms. The molecule has 0 bridgehead atoms. The fraction of sp³-hybridized carbons (Fsp3) is 0.235. The molecule has 0 saturated carbocycles. The Bertz CT molecular complexity index is 840. The van der Waals surface area contributed by atoms with Gasteiger partial charge < -0.3 is 14.8 Å². The minimum atomic E-state index is -4.47. The SMILES string of the molecule is O=C(Nc1ccccc1N1CCOC1=O)c1ccc(OCC(F)(F)F)nc1. The first kappa shape index (κ1) is 18.5. The van der Waals surface area contributed by atoms with Crippen LogP contribution in [0.5, 0.6) is 5.88 Å². The lowest BCUT2D eigenvalue weighted by molar-refractivity contribution is -0.154. The molecule has 1 N–H and O–H groups in total. The van der Waals surface area contributed by atoms with Crippen LogP contribution in [0.15, 0.2) is 42.6 Å². The molecule has 2 heterocycles. The van der Waals surface area contributed by atoms with Crippen LogP contribution in [0.2, 0.25) is 0 Å². The predicted molar refractivity (Wildman–Crippen MR) is 88.9 cm³/mol. The molecule has 2 amide bonds. The number of rotatable bonds is 5. The predicted octanol–water partition coefficient (Wildman–Crippen LogP) is 3.23. The van der Waals surface area contributed by atoms with E-state index in [1.165, 1.54) is 17.0 Å². The topological polar surface area (TPSA) is 80.8 Å². The number of amides is 2. The van der Waals surface area contributed by atoms with Crippen molar-refractivity contribution in [2.45, 2.75) is 6.18 Å². The van der Waals surface area contributed by atoms with E-state index < -0.39 is 24.8 Å². The normalized spacial score (nSPS) is 14.0. The van der Waals surface area contributed by atoms with Gasteiger partial charge in [-0.05, 0) is 18.2 Å². The molecular formula is C17H14F3N3O4. The van der Waals surface area contributed by atoms with Crippen molar-refractivity contribution in [2.75, 3.05) is 30.0 Å². The number of hydrogen-bond acceptors (Lipinski definition) is 5. The Morgan fingerprint density at radius 1 is 1.26 bits per heavy atom. The zero-order valence-corrected chi connectivity index (χ0v) is 13.8. The number of aromatic nitrogens is 1. The van der Waals surface area contributed by atoms with E-state index in [2.05, 4.69) is 15.0 Å². The monoisotopic (exact) mass is 381 g/mol. The number of cyclic esters (lactones) is 1. The standard InChI is InChI=1S/C17H14F3N3O4/c18-17(19,20)10-27-14-6-5-11(9-21-14)15(24)22-12-3-1-2-4-13(12)23-7-8-26-16(23)25/h1-6,9H,7-8,10H2,(H,22,24). The Balaban J connectivity index is 1.70. The first-order chi connectivity index (χ1) is 12.8. The molecule has 0 spiro atoms. The summed E-state index contributed by atoms with van der Waals surface area (Å²) >= 11 is 0. The van der Waals surface area contributed by atoms with Gasteiger partial charge in [-0.15, -0.1) is 0 Å². The minimum Gasteiger partial charge on any atom is -0.468 e. The van der Waals surface area contributed by atoms with Gasteiger partial charge in [-0.2, -0.15) is 13.2 Å². The largest absolute Gasteiger partial charge is 0.468 e. The van der Waals surface area contributed by atoms with Gasteiger partial charge in [0.2, 0.25) is 5.88 Å². The maximum Gasteiger partial charge on any atom is 0.422 e. The maximum absolute atomic E-state index is 12.4. The fourth-order valence-corrected chi connectivity index (χ4v) is 2.38. The number of nitrogens with one attached hydrogen (secondary N) is 1. The lowest BCUT2D eigenvalue weighted by Gasteiger charge is -2.17. The lowest BCUT2D eigenvalue weighted by atomic mass is 10.2. The Morgan fingerprint density at radius 2 is 2.04 bits per heavy atom. The molecule has 1 aliphatic rings. The molecule has 0 radical (unpaired) electrons. The van der Waals surface area contributed by atoms with Crippen LogP contribution in [-0.2, 0) is 4.74 Å². The molecule has 2 aromatic rings. The number of ether oxygens (including phenoxy) is 2. The van der Waals surface area contributed by atoms with Crippen molar-refractivity contribution in [3.63, 3.8) is 0 Å². The molecule has 7 nitrogen and oxygen atoms in total. The summed E-state index contributed by atoms with van der Waals surface area (Å²) in [6.45, 7) is -0.853. The third-order valence-corrected chi connectivity index (χ3v) is 3.59. The highest BCUT2D eigenvalue weighted by Crippen LogP contribution is 2.28. The Labute approximate surface area is 151 Å². The first-order valence-electron chi connectivity index (χ1n) is 7.84. The van der Waals surface area contributed by atoms with Crippen molar-refractivity contribution in [2.24, 2.45) is 0 Å². The van der Waals surface area contributed by atoms with Gasteiger partial charge in [-0.1, -0.05) is 12.1 Å². The van der Waals surface area contributed by atoms with E-state index >= 15 is 0 Å². The number of carbonyl (C=O) groups is 2. The van der Waals surface area contributed by atoms with Crippen molar-refractivity contribution >= 4 is 23.4 Å². The quantitative estimate of drug-likeness (QED) is 0.860. The summed E-state index contributed by atoms with van der Waals surface area (Å²) in [4.78, 5) is 29.2. The summed E-state index contributed by atoms with van der Waals surface area (Å²) in [6.07, 6.45) is -3.88. The number of halogens is 3. The zero-order valence-electron chi connectivity index (χ0n) is 13.8. The van der Waals surface area contributed by atoms with Gasteiger partial charge in [-0.3, -0.25) is 9.69 Å². The maximum atomic E-state index is 12.4. The molecule has 1 aromatic carbocycles. The van der Waals surface area contributed by atoms with Gasteiger partial charge in [-0.25, -0.2) is 9.78 Å². The van der Waals surface area contributed by atoms with Crippen LogP contribution in [0, 0.1) is 0 Å². The van der Waals surface area contributed by atoms with Gasteiger partial charge in [0.05, 0.1) is 23.5 Å². The Kier molecular flexibility index (Phi) is 5.15. The molecule has 0 unspecified atom stereocenters. The molecule has 1 saturated heterocycles. The van der Waals surface area contributed by atoms with E-state index in [1.807, 2.05) is 0 Å². The first-order valence-corrected chi connectivity index (χ1v) is 7.84. The van der Waals surface area contributed by atoms with Gasteiger partial charge >= 0.3 is 12.3 Å². The minimum absolute atomic E-state index is 0.119. The highest BCUT2D eigenvalue weighted by molar-refractivity contribution is 6.07. The number of pyridine rings is 1. The Morgan fingerprint density at radius 3 is 2.67 bits per heavy atom. The second-order valence-electron chi connectivity index (χ2n) is 5.53. The zero-order chi connectivity index (χ0) is 19.4. The second kappa shape index (κ2) is 7.52. The molecule has 0 aliphatic carbocycles. The summed E-state index contributed by atoms with van der Waals surface area (Å²) < 4.78 is 45.8. The van der Waals surface area contributed by atoms with Crippen LogP contribution in [0.3, 0.4) is 0 Å². The van der Waals surface area contributed by atoms with E-state index in [4.69, 9.17) is 4.74 Å². The number of para-hydroxylation sites is 2. The fourth-order valence-electron chi connectivity index (χ4n) is 2.38. The average molecular weight is 381 g/mol. The van der Waals surface area contributed by atoms with E-state index in [0.29, 0.717) is 17.9 Å². The Hall–Kier alpha value is -3.30. The van der Waals surface area contributed by atoms with Crippen LogP contribution in [0.25, 0.3) is 0 Å². The molecule has 3 rings (SSSR count). The van der Waals surface area contributed by atoms with E-state index in [0.717, 1.165) is 6.20 Å². The van der Waals surface area contributed by atoms with Crippen molar-refractivity contribution < 1.29 is 32.2 Å². The summed E-state index contributed by atoms with van der Waals surface area (Å²) in [7, 11) is 0. The van der Waals surface area contributed by atoms with Crippen molar-refractivity contribution in [3.05, 3.63) is 48.2 Å². The molecule has 142 valence electrons. The summed E-state index contributed by atoms with van der Waals surface area (Å²) in [5.41, 5.74) is 0.985. The van der Waals surface area contributed by atoms with Crippen molar-refractivity contribution in [1.29, 1.82) is 0 Å². The third-order valence-electron chi connectivity index (χ3n) is 3.59. The van der Waals surface area contributed by atoms with Crippen LogP contribution in [0.1, 0.15) is 10.4 Å². The van der Waals surface area contributed by atoms with Gasteiger partial charge in [0.15, 0.2) is 6.61 Å². The van der Waals surface area contributed by atoms with Crippen LogP contribution < -0.4 is 15.0 Å². The molecule has 10 heteroatoms. The summed E-state index contributed by atoms with van der Waals surface area (Å²) in [6, 6.07) is 9.14. The molecule has 1 aliphatic heterocycles. The van der Waals surface area contributed by atoms with Gasteiger partial charge in [0, 0.05) is 12.3 Å². The molecule has 1 aromatic heterocycles. The number of anilines is 2. The number of carbonyl (C=O) groups excluding carboxylic acids is 2. The molecule has 1 fully saturated rings. The number of nitrogens with zero attached hydrogens (tertiary/aromatic N) is 2. The third kappa shape index (κ3) is 4.66. The van der Waals surface area contributed by atoms with Gasteiger partial charge in [0.1, 0.15) is 6.61 Å². The number of benzene rings is 1. The number of alkyl halides is 3. The number of hydrogen-bond donors (Lipinski definition) is 1. The van der Waals surface area contributed by atoms with Crippen molar-refractivity contribution in [3.8, 4) is 5.88 Å². The highest BCUT2D eigenvalue weighted by Gasteiger charge is 2.29.